The van der Waals surface area contributed by atoms with Crippen LogP contribution >= 0.6 is 11.3 Å². The molecule has 0 saturated heterocycles. The Bertz CT molecular complexity index is 1020. The van der Waals surface area contributed by atoms with Gasteiger partial charge < -0.3 is 9.67 Å². The maximum Gasteiger partial charge on any atom is 0.0953 e. The quantitative estimate of drug-likeness (QED) is 0.527. The second-order valence-electron chi connectivity index (χ2n) is 6.57. The fourth-order valence-corrected chi connectivity index (χ4v) is 4.18. The summed E-state index contributed by atoms with van der Waals surface area (Å²) >= 11 is 1.60. The lowest BCUT2D eigenvalue weighted by Gasteiger charge is -2.19. The Morgan fingerprint density at radius 3 is 2.48 bits per heavy atom. The standard InChI is InChI=1S/C20H19NOS/c1-13-8-9-17-15(12-13)14-6-4-5-7-16(14)21(17)18-10-11-23-19(18)20(2,3)22/h4-12,22H,1-3H3. The van der Waals surface area contributed by atoms with E-state index in [9.17, 15) is 5.11 Å². The molecule has 116 valence electrons. The molecule has 2 heterocycles. The summed E-state index contributed by atoms with van der Waals surface area (Å²) in [6.45, 7) is 5.82. The fraction of sp³-hybridized carbons (Fsp3) is 0.200. The van der Waals surface area contributed by atoms with Crippen LogP contribution in [0, 0.1) is 6.92 Å². The van der Waals surface area contributed by atoms with E-state index in [0.717, 1.165) is 10.6 Å². The van der Waals surface area contributed by atoms with Gasteiger partial charge in [0.25, 0.3) is 0 Å². The number of aryl methyl sites for hydroxylation is 1. The Labute approximate surface area is 139 Å². The van der Waals surface area contributed by atoms with Crippen molar-refractivity contribution in [2.75, 3.05) is 0 Å². The first-order chi connectivity index (χ1) is 11.0. The average molecular weight is 321 g/mol. The van der Waals surface area contributed by atoms with Crippen LogP contribution in [0.25, 0.3) is 27.5 Å². The molecule has 0 aliphatic rings. The number of aromatic nitrogens is 1. The van der Waals surface area contributed by atoms with Gasteiger partial charge in [0.1, 0.15) is 0 Å². The van der Waals surface area contributed by atoms with E-state index in [1.807, 2.05) is 13.8 Å². The Morgan fingerprint density at radius 1 is 0.957 bits per heavy atom. The zero-order valence-corrected chi connectivity index (χ0v) is 14.3. The first-order valence-corrected chi connectivity index (χ1v) is 8.65. The molecule has 0 aliphatic heterocycles. The first-order valence-electron chi connectivity index (χ1n) is 7.77. The maximum atomic E-state index is 10.5. The van der Waals surface area contributed by atoms with Gasteiger partial charge in [0.2, 0.25) is 0 Å². The van der Waals surface area contributed by atoms with E-state index in [0.29, 0.717) is 0 Å². The summed E-state index contributed by atoms with van der Waals surface area (Å²) in [7, 11) is 0. The minimum atomic E-state index is -0.855. The average Bonchev–Trinajstić information content (AvgIpc) is 3.09. The normalized spacial score (nSPS) is 12.3. The predicted octanol–water partition coefficient (Wildman–Crippen LogP) is 5.38. The van der Waals surface area contributed by atoms with Gasteiger partial charge in [-0.15, -0.1) is 11.3 Å². The van der Waals surface area contributed by atoms with Gasteiger partial charge in [-0.25, -0.2) is 0 Å². The number of benzene rings is 2. The first kappa shape index (κ1) is 14.5. The highest BCUT2D eigenvalue weighted by Gasteiger charge is 2.24. The van der Waals surface area contributed by atoms with Crippen LogP contribution in [0.2, 0.25) is 0 Å². The summed E-state index contributed by atoms with van der Waals surface area (Å²) in [6.07, 6.45) is 0. The Balaban J connectivity index is 2.17. The largest absolute Gasteiger partial charge is 0.385 e. The van der Waals surface area contributed by atoms with E-state index >= 15 is 0 Å². The molecule has 4 aromatic rings. The van der Waals surface area contributed by atoms with E-state index in [1.165, 1.54) is 27.4 Å². The number of rotatable bonds is 2. The number of hydrogen-bond acceptors (Lipinski definition) is 2. The van der Waals surface area contributed by atoms with Gasteiger partial charge in [0, 0.05) is 10.8 Å². The molecule has 1 N–H and O–H groups in total. The minimum absolute atomic E-state index is 0.855. The van der Waals surface area contributed by atoms with E-state index in [2.05, 4.69) is 65.4 Å². The summed E-state index contributed by atoms with van der Waals surface area (Å²) in [5.74, 6) is 0. The summed E-state index contributed by atoms with van der Waals surface area (Å²) in [5, 5.41) is 15.1. The Morgan fingerprint density at radius 2 is 1.70 bits per heavy atom. The van der Waals surface area contributed by atoms with Crippen LogP contribution in [0.4, 0.5) is 0 Å². The van der Waals surface area contributed by atoms with Crippen molar-refractivity contribution in [2.45, 2.75) is 26.4 Å². The second kappa shape index (κ2) is 4.95. The number of fused-ring (bicyclic) bond motifs is 3. The van der Waals surface area contributed by atoms with Gasteiger partial charge in [0.05, 0.1) is 27.2 Å². The Hall–Kier alpha value is -2.10. The number of nitrogens with zero attached hydrogens (tertiary/aromatic N) is 1. The minimum Gasteiger partial charge on any atom is -0.385 e. The summed E-state index contributed by atoms with van der Waals surface area (Å²) in [6, 6.07) is 17.1. The van der Waals surface area contributed by atoms with Crippen molar-refractivity contribution in [3.8, 4) is 5.69 Å². The molecule has 0 amide bonds. The molecule has 0 bridgehead atoms. The number of thiophene rings is 1. The molecule has 3 heteroatoms. The third-order valence-electron chi connectivity index (χ3n) is 4.27. The monoisotopic (exact) mass is 321 g/mol. The van der Waals surface area contributed by atoms with Gasteiger partial charge >= 0.3 is 0 Å². The number of aliphatic hydroxyl groups is 1. The van der Waals surface area contributed by atoms with E-state index < -0.39 is 5.60 Å². The molecule has 0 radical (unpaired) electrons. The van der Waals surface area contributed by atoms with Gasteiger partial charge in [-0.05, 0) is 50.4 Å². The highest BCUT2D eigenvalue weighted by Crippen LogP contribution is 2.38. The van der Waals surface area contributed by atoms with E-state index in [-0.39, 0.29) is 0 Å². The molecule has 0 spiro atoms. The maximum absolute atomic E-state index is 10.5. The molecular weight excluding hydrogens is 302 g/mol. The molecule has 2 aromatic heterocycles. The smallest absolute Gasteiger partial charge is 0.0953 e. The highest BCUT2D eigenvalue weighted by molar-refractivity contribution is 7.10. The van der Waals surface area contributed by atoms with Crippen molar-refractivity contribution in [2.24, 2.45) is 0 Å². The van der Waals surface area contributed by atoms with Crippen LogP contribution in [0.5, 0.6) is 0 Å². The lowest BCUT2D eigenvalue weighted by atomic mass is 10.1. The van der Waals surface area contributed by atoms with Crippen molar-refractivity contribution in [3.63, 3.8) is 0 Å². The highest BCUT2D eigenvalue weighted by atomic mass is 32.1. The summed E-state index contributed by atoms with van der Waals surface area (Å²) in [5.41, 5.74) is 3.83. The summed E-state index contributed by atoms with van der Waals surface area (Å²) < 4.78 is 2.27. The molecule has 0 saturated carbocycles. The van der Waals surface area contributed by atoms with Gasteiger partial charge in [-0.2, -0.15) is 0 Å². The molecule has 23 heavy (non-hydrogen) atoms. The second-order valence-corrected chi connectivity index (χ2v) is 7.48. The van der Waals surface area contributed by atoms with Crippen molar-refractivity contribution >= 4 is 33.1 Å². The lowest BCUT2D eigenvalue weighted by Crippen LogP contribution is -2.16. The fourth-order valence-electron chi connectivity index (χ4n) is 3.28. The molecule has 0 fully saturated rings. The van der Waals surface area contributed by atoms with Crippen molar-refractivity contribution in [1.29, 1.82) is 0 Å². The zero-order chi connectivity index (χ0) is 16.2. The van der Waals surface area contributed by atoms with Gasteiger partial charge in [0.15, 0.2) is 0 Å². The van der Waals surface area contributed by atoms with Crippen LogP contribution in [0.1, 0.15) is 24.3 Å². The lowest BCUT2D eigenvalue weighted by molar-refractivity contribution is 0.0826. The van der Waals surface area contributed by atoms with Crippen LogP contribution < -0.4 is 0 Å². The van der Waals surface area contributed by atoms with Crippen LogP contribution in [-0.2, 0) is 5.60 Å². The van der Waals surface area contributed by atoms with E-state index in [4.69, 9.17) is 0 Å². The van der Waals surface area contributed by atoms with Crippen LogP contribution in [0.3, 0.4) is 0 Å². The van der Waals surface area contributed by atoms with Crippen LogP contribution in [0.15, 0.2) is 53.9 Å². The number of para-hydroxylation sites is 1. The third-order valence-corrected chi connectivity index (χ3v) is 5.49. The molecule has 0 unspecified atom stereocenters. The van der Waals surface area contributed by atoms with Crippen molar-refractivity contribution in [3.05, 3.63) is 64.4 Å². The van der Waals surface area contributed by atoms with Gasteiger partial charge in [-0.3, -0.25) is 0 Å². The molecule has 4 rings (SSSR count). The SMILES string of the molecule is Cc1ccc2c(c1)c1ccccc1n2-c1ccsc1C(C)(C)O. The molecule has 2 nitrogen and oxygen atoms in total. The number of hydrogen-bond donors (Lipinski definition) is 1. The van der Waals surface area contributed by atoms with Crippen molar-refractivity contribution in [1.82, 2.24) is 4.57 Å². The third kappa shape index (κ3) is 2.19. The Kier molecular flexibility index (Phi) is 3.12. The molecule has 0 atom stereocenters. The molecule has 0 aliphatic carbocycles. The van der Waals surface area contributed by atoms with Crippen LogP contribution in [-0.4, -0.2) is 9.67 Å². The van der Waals surface area contributed by atoms with E-state index in [1.54, 1.807) is 11.3 Å². The van der Waals surface area contributed by atoms with Crippen molar-refractivity contribution < 1.29 is 5.11 Å². The summed E-state index contributed by atoms with van der Waals surface area (Å²) in [4.78, 5) is 0.987. The molecule has 2 aromatic carbocycles. The zero-order valence-electron chi connectivity index (χ0n) is 13.5. The van der Waals surface area contributed by atoms with Gasteiger partial charge in [-0.1, -0.05) is 29.8 Å². The predicted molar refractivity (Wildman–Crippen MR) is 98.6 cm³/mol. The molecular formula is C20H19NOS. The topological polar surface area (TPSA) is 25.2 Å².